The standard InChI is InChI=1S/C7H9NO3S/c1-5(9)2-3-8-6(10)4-11-7(8)12/h2-4H2,1H3. The van der Waals surface area contributed by atoms with Gasteiger partial charge in [0.1, 0.15) is 5.78 Å². The van der Waals surface area contributed by atoms with E-state index in [4.69, 9.17) is 17.0 Å². The molecule has 1 rings (SSSR count). The number of Topliss-reactive ketones (excluding diaryl/α,β-unsaturated/α-hetero) is 1. The summed E-state index contributed by atoms with van der Waals surface area (Å²) in [4.78, 5) is 22.9. The van der Waals surface area contributed by atoms with Crippen LogP contribution in [0.25, 0.3) is 0 Å². The van der Waals surface area contributed by atoms with Crippen LogP contribution in [0.3, 0.4) is 0 Å². The van der Waals surface area contributed by atoms with Crippen molar-refractivity contribution in [2.45, 2.75) is 13.3 Å². The average molecular weight is 187 g/mol. The molecule has 0 N–H and O–H groups in total. The SMILES string of the molecule is CC(=O)CCN1C(=O)COC1=S. The zero-order valence-electron chi connectivity index (χ0n) is 6.70. The molecule has 0 aromatic rings. The number of hydrogen-bond acceptors (Lipinski definition) is 4. The Morgan fingerprint density at radius 3 is 2.83 bits per heavy atom. The molecule has 0 aliphatic carbocycles. The van der Waals surface area contributed by atoms with E-state index < -0.39 is 0 Å². The van der Waals surface area contributed by atoms with Gasteiger partial charge in [-0.25, -0.2) is 0 Å². The van der Waals surface area contributed by atoms with Crippen LogP contribution >= 0.6 is 12.2 Å². The molecule has 0 aromatic heterocycles. The van der Waals surface area contributed by atoms with Gasteiger partial charge in [-0.2, -0.15) is 0 Å². The molecule has 1 saturated heterocycles. The number of hydrogen-bond donors (Lipinski definition) is 0. The van der Waals surface area contributed by atoms with E-state index in [2.05, 4.69) is 0 Å². The van der Waals surface area contributed by atoms with E-state index in [1.54, 1.807) is 0 Å². The third-order valence-electron chi connectivity index (χ3n) is 1.53. The van der Waals surface area contributed by atoms with Crippen LogP contribution in [-0.2, 0) is 14.3 Å². The van der Waals surface area contributed by atoms with Crippen LogP contribution in [0, 0.1) is 0 Å². The first-order chi connectivity index (χ1) is 5.61. The highest BCUT2D eigenvalue weighted by atomic mass is 32.1. The molecule has 0 unspecified atom stereocenters. The third-order valence-corrected chi connectivity index (χ3v) is 1.87. The first kappa shape index (κ1) is 9.12. The van der Waals surface area contributed by atoms with Crippen molar-refractivity contribution >= 4 is 29.1 Å². The third kappa shape index (κ3) is 2.01. The average Bonchev–Trinajstić information content (AvgIpc) is 2.28. The molecule has 0 radical (unpaired) electrons. The Morgan fingerprint density at radius 2 is 2.42 bits per heavy atom. The molecule has 5 heteroatoms. The second-order valence-corrected chi connectivity index (χ2v) is 2.90. The van der Waals surface area contributed by atoms with Gasteiger partial charge in [-0.3, -0.25) is 14.5 Å². The first-order valence-corrected chi connectivity index (χ1v) is 3.98. The van der Waals surface area contributed by atoms with Crippen LogP contribution < -0.4 is 0 Å². The summed E-state index contributed by atoms with van der Waals surface area (Å²) in [6, 6.07) is 0. The van der Waals surface area contributed by atoms with Crippen LogP contribution in [0.4, 0.5) is 0 Å². The molecule has 1 heterocycles. The zero-order chi connectivity index (χ0) is 9.14. The summed E-state index contributed by atoms with van der Waals surface area (Å²) in [6.07, 6.45) is 0.329. The lowest BCUT2D eigenvalue weighted by Crippen LogP contribution is -2.30. The van der Waals surface area contributed by atoms with E-state index in [1.807, 2.05) is 0 Å². The zero-order valence-corrected chi connectivity index (χ0v) is 7.52. The molecular formula is C7H9NO3S. The maximum atomic E-state index is 11.0. The van der Waals surface area contributed by atoms with Crippen LogP contribution in [0.5, 0.6) is 0 Å². The molecule has 1 aliphatic heterocycles. The Labute approximate surface area is 75.5 Å². The van der Waals surface area contributed by atoms with Gasteiger partial charge in [0.2, 0.25) is 0 Å². The number of carbonyl (C=O) groups is 2. The fraction of sp³-hybridized carbons (Fsp3) is 0.571. The largest absolute Gasteiger partial charge is 0.460 e. The Bertz CT molecular complexity index is 223. The predicted molar refractivity (Wildman–Crippen MR) is 45.6 cm³/mol. The van der Waals surface area contributed by atoms with Gasteiger partial charge in [0.15, 0.2) is 6.61 Å². The summed E-state index contributed by atoms with van der Waals surface area (Å²) in [5, 5.41) is 0.182. The van der Waals surface area contributed by atoms with Gasteiger partial charge in [0.25, 0.3) is 11.1 Å². The van der Waals surface area contributed by atoms with Gasteiger partial charge in [-0.15, -0.1) is 0 Å². The molecule has 0 saturated carbocycles. The second-order valence-electron chi connectivity index (χ2n) is 2.55. The summed E-state index contributed by atoms with van der Waals surface area (Å²) in [7, 11) is 0. The van der Waals surface area contributed by atoms with Crippen LogP contribution in [0.15, 0.2) is 0 Å². The van der Waals surface area contributed by atoms with E-state index >= 15 is 0 Å². The van der Waals surface area contributed by atoms with Gasteiger partial charge in [0, 0.05) is 13.0 Å². The Hall–Kier alpha value is -0.970. The van der Waals surface area contributed by atoms with Crippen molar-refractivity contribution in [2.75, 3.05) is 13.2 Å². The fourth-order valence-electron chi connectivity index (χ4n) is 0.866. The van der Waals surface area contributed by atoms with Crippen molar-refractivity contribution in [3.8, 4) is 0 Å². The number of ether oxygens (including phenoxy) is 1. The van der Waals surface area contributed by atoms with E-state index in [1.165, 1.54) is 11.8 Å². The van der Waals surface area contributed by atoms with Crippen molar-refractivity contribution in [3.63, 3.8) is 0 Å². The van der Waals surface area contributed by atoms with Crippen LogP contribution in [0.1, 0.15) is 13.3 Å². The lowest BCUT2D eigenvalue weighted by Gasteiger charge is -2.10. The van der Waals surface area contributed by atoms with Crippen molar-refractivity contribution in [2.24, 2.45) is 0 Å². The minimum atomic E-state index is -0.166. The Morgan fingerprint density at radius 1 is 1.75 bits per heavy atom. The molecule has 4 nitrogen and oxygen atoms in total. The van der Waals surface area contributed by atoms with E-state index in [0.717, 1.165) is 0 Å². The summed E-state index contributed by atoms with van der Waals surface area (Å²) in [5.74, 6) is -0.126. The molecule has 1 fully saturated rings. The van der Waals surface area contributed by atoms with Gasteiger partial charge >= 0.3 is 0 Å². The monoisotopic (exact) mass is 187 g/mol. The highest BCUT2D eigenvalue weighted by Gasteiger charge is 2.26. The number of carbonyl (C=O) groups excluding carboxylic acids is 2. The van der Waals surface area contributed by atoms with Crippen LogP contribution in [0.2, 0.25) is 0 Å². The summed E-state index contributed by atoms with van der Waals surface area (Å²) in [6.45, 7) is 1.83. The van der Waals surface area contributed by atoms with E-state index in [0.29, 0.717) is 13.0 Å². The number of amides is 1. The molecule has 12 heavy (non-hydrogen) atoms. The number of nitrogens with zero attached hydrogens (tertiary/aromatic N) is 1. The minimum Gasteiger partial charge on any atom is -0.460 e. The predicted octanol–water partition coefficient (Wildman–Crippen LogP) is 0.109. The molecule has 0 atom stereocenters. The maximum absolute atomic E-state index is 11.0. The number of thiocarbonyl (C=S) groups is 1. The Balaban J connectivity index is 2.45. The summed E-state index contributed by atoms with van der Waals surface area (Å²) >= 11 is 4.74. The maximum Gasteiger partial charge on any atom is 0.268 e. The van der Waals surface area contributed by atoms with Gasteiger partial charge in [0.05, 0.1) is 0 Å². The van der Waals surface area contributed by atoms with E-state index in [-0.39, 0.29) is 23.5 Å². The molecule has 66 valence electrons. The fourth-order valence-corrected chi connectivity index (χ4v) is 1.12. The number of ketones is 1. The lowest BCUT2D eigenvalue weighted by atomic mass is 10.3. The Kier molecular flexibility index (Phi) is 2.75. The van der Waals surface area contributed by atoms with Gasteiger partial charge in [-0.1, -0.05) is 0 Å². The van der Waals surface area contributed by atoms with Crippen LogP contribution in [-0.4, -0.2) is 34.9 Å². The van der Waals surface area contributed by atoms with Crippen molar-refractivity contribution in [3.05, 3.63) is 0 Å². The molecule has 1 amide bonds. The van der Waals surface area contributed by atoms with Gasteiger partial charge < -0.3 is 4.74 Å². The quantitative estimate of drug-likeness (QED) is 0.588. The number of rotatable bonds is 3. The molecule has 0 bridgehead atoms. The van der Waals surface area contributed by atoms with Crippen molar-refractivity contribution in [1.82, 2.24) is 4.90 Å². The highest BCUT2D eigenvalue weighted by molar-refractivity contribution is 7.80. The van der Waals surface area contributed by atoms with Gasteiger partial charge in [-0.05, 0) is 19.1 Å². The molecule has 0 spiro atoms. The lowest BCUT2D eigenvalue weighted by molar-refractivity contribution is -0.126. The molecule has 1 aliphatic rings. The summed E-state index contributed by atoms with van der Waals surface area (Å²) < 4.78 is 4.81. The minimum absolute atomic E-state index is 0.0107. The topological polar surface area (TPSA) is 46.6 Å². The summed E-state index contributed by atoms with van der Waals surface area (Å²) in [5.41, 5.74) is 0. The van der Waals surface area contributed by atoms with E-state index in [9.17, 15) is 9.59 Å². The first-order valence-electron chi connectivity index (χ1n) is 3.58. The second kappa shape index (κ2) is 3.62. The van der Waals surface area contributed by atoms with Crippen molar-refractivity contribution < 1.29 is 14.3 Å². The normalized spacial score (nSPS) is 16.6. The smallest absolute Gasteiger partial charge is 0.268 e. The van der Waals surface area contributed by atoms with Crippen molar-refractivity contribution in [1.29, 1.82) is 0 Å². The molecule has 0 aromatic carbocycles. The molecular weight excluding hydrogens is 178 g/mol. The highest BCUT2D eigenvalue weighted by Crippen LogP contribution is 2.06.